The van der Waals surface area contributed by atoms with Crippen molar-refractivity contribution in [1.82, 2.24) is 10.2 Å². The molecule has 0 aromatic carbocycles. The molecule has 0 saturated heterocycles. The molecular formula is C8H10BrFN2. The average Bonchev–Trinajstić information content (AvgIpc) is 1.92. The van der Waals surface area contributed by atoms with Crippen LogP contribution in [0, 0.1) is 5.95 Å². The average molecular weight is 233 g/mol. The van der Waals surface area contributed by atoms with Crippen LogP contribution in [0.3, 0.4) is 0 Å². The van der Waals surface area contributed by atoms with Crippen LogP contribution in [0.5, 0.6) is 0 Å². The highest BCUT2D eigenvalue weighted by atomic mass is 79.9. The SMILES string of the molecule is CC(C)(C)c1cc(F)nnc1Br. The summed E-state index contributed by atoms with van der Waals surface area (Å²) in [5.41, 5.74) is 0.713. The van der Waals surface area contributed by atoms with Gasteiger partial charge < -0.3 is 0 Å². The molecule has 0 aliphatic carbocycles. The second-order valence-corrected chi connectivity index (χ2v) is 4.37. The fourth-order valence-corrected chi connectivity index (χ4v) is 1.67. The molecule has 12 heavy (non-hydrogen) atoms. The topological polar surface area (TPSA) is 25.8 Å². The number of aromatic nitrogens is 2. The zero-order chi connectivity index (χ0) is 9.35. The van der Waals surface area contributed by atoms with Crippen molar-refractivity contribution in [3.05, 3.63) is 22.2 Å². The molecule has 0 spiro atoms. The fraction of sp³-hybridized carbons (Fsp3) is 0.500. The van der Waals surface area contributed by atoms with Crippen LogP contribution in [0.4, 0.5) is 4.39 Å². The Morgan fingerprint density at radius 3 is 2.33 bits per heavy atom. The lowest BCUT2D eigenvalue weighted by Gasteiger charge is -2.19. The number of nitrogens with zero attached hydrogens (tertiary/aromatic N) is 2. The van der Waals surface area contributed by atoms with Crippen LogP contribution in [0.15, 0.2) is 10.7 Å². The van der Waals surface area contributed by atoms with Gasteiger partial charge in [-0.1, -0.05) is 20.8 Å². The van der Waals surface area contributed by atoms with E-state index in [1.54, 1.807) is 0 Å². The summed E-state index contributed by atoms with van der Waals surface area (Å²) >= 11 is 3.23. The summed E-state index contributed by atoms with van der Waals surface area (Å²) in [5.74, 6) is -0.539. The highest BCUT2D eigenvalue weighted by Gasteiger charge is 2.18. The summed E-state index contributed by atoms with van der Waals surface area (Å²) in [5, 5.41) is 6.93. The molecule has 1 heterocycles. The van der Waals surface area contributed by atoms with Crippen LogP contribution < -0.4 is 0 Å². The maximum absolute atomic E-state index is 12.7. The van der Waals surface area contributed by atoms with Gasteiger partial charge in [0.15, 0.2) is 0 Å². The summed E-state index contributed by atoms with van der Waals surface area (Å²) in [7, 11) is 0. The normalized spacial score (nSPS) is 11.8. The number of hydrogen-bond acceptors (Lipinski definition) is 2. The predicted molar refractivity (Wildman–Crippen MR) is 48.4 cm³/mol. The van der Waals surface area contributed by atoms with Gasteiger partial charge in [-0.15, -0.1) is 10.2 Å². The van der Waals surface area contributed by atoms with Gasteiger partial charge in [0, 0.05) is 6.07 Å². The minimum atomic E-state index is -0.539. The number of hydrogen-bond donors (Lipinski definition) is 0. The smallest absolute Gasteiger partial charge is 0.183 e. The Morgan fingerprint density at radius 2 is 1.92 bits per heavy atom. The van der Waals surface area contributed by atoms with Crippen LogP contribution in [0.1, 0.15) is 26.3 Å². The molecule has 0 saturated carbocycles. The van der Waals surface area contributed by atoms with Crippen molar-refractivity contribution >= 4 is 15.9 Å². The Kier molecular flexibility index (Phi) is 2.46. The van der Waals surface area contributed by atoms with E-state index in [0.29, 0.717) is 4.60 Å². The largest absolute Gasteiger partial charge is 0.233 e. The van der Waals surface area contributed by atoms with Gasteiger partial charge in [0.2, 0.25) is 5.95 Å². The van der Waals surface area contributed by atoms with E-state index >= 15 is 0 Å². The molecule has 0 N–H and O–H groups in total. The van der Waals surface area contributed by atoms with Crippen LogP contribution in [-0.2, 0) is 5.41 Å². The molecule has 2 nitrogen and oxygen atoms in total. The summed E-state index contributed by atoms with van der Waals surface area (Å²) in [6, 6.07) is 1.40. The van der Waals surface area contributed by atoms with Gasteiger partial charge in [0.1, 0.15) is 4.60 Å². The maximum atomic E-state index is 12.7. The van der Waals surface area contributed by atoms with Crippen molar-refractivity contribution in [2.75, 3.05) is 0 Å². The molecule has 0 aliphatic rings. The van der Waals surface area contributed by atoms with E-state index in [4.69, 9.17) is 0 Å². The Hall–Kier alpha value is -0.510. The minimum absolute atomic E-state index is 0.115. The Morgan fingerprint density at radius 1 is 1.33 bits per heavy atom. The Bertz CT molecular complexity index is 294. The highest BCUT2D eigenvalue weighted by Crippen LogP contribution is 2.27. The van der Waals surface area contributed by atoms with Crippen molar-refractivity contribution in [2.24, 2.45) is 0 Å². The third-order valence-corrected chi connectivity index (χ3v) is 2.11. The van der Waals surface area contributed by atoms with Gasteiger partial charge in [-0.05, 0) is 26.9 Å². The molecule has 0 unspecified atom stereocenters. The van der Waals surface area contributed by atoms with Crippen LogP contribution in [0.2, 0.25) is 0 Å². The van der Waals surface area contributed by atoms with Crippen molar-refractivity contribution < 1.29 is 4.39 Å². The van der Waals surface area contributed by atoms with Gasteiger partial charge >= 0.3 is 0 Å². The molecule has 4 heteroatoms. The summed E-state index contributed by atoms with van der Waals surface area (Å²) in [4.78, 5) is 0. The van der Waals surface area contributed by atoms with Crippen molar-refractivity contribution in [3.63, 3.8) is 0 Å². The quantitative estimate of drug-likeness (QED) is 0.688. The van der Waals surface area contributed by atoms with E-state index in [1.807, 2.05) is 20.8 Å². The third kappa shape index (κ3) is 2.00. The molecule has 1 aromatic heterocycles. The summed E-state index contributed by atoms with van der Waals surface area (Å²) in [6.45, 7) is 5.98. The van der Waals surface area contributed by atoms with E-state index in [2.05, 4.69) is 26.1 Å². The molecule has 0 amide bonds. The molecule has 1 aromatic rings. The van der Waals surface area contributed by atoms with E-state index < -0.39 is 5.95 Å². The minimum Gasteiger partial charge on any atom is -0.183 e. The first-order chi connectivity index (χ1) is 5.41. The Labute approximate surface area is 79.3 Å². The third-order valence-electron chi connectivity index (χ3n) is 1.53. The first-order valence-corrected chi connectivity index (χ1v) is 4.40. The lowest BCUT2D eigenvalue weighted by molar-refractivity contribution is 0.528. The lowest BCUT2D eigenvalue weighted by atomic mass is 9.89. The van der Waals surface area contributed by atoms with E-state index in [9.17, 15) is 4.39 Å². The number of rotatable bonds is 0. The molecule has 66 valence electrons. The van der Waals surface area contributed by atoms with Gasteiger partial charge in [-0.3, -0.25) is 0 Å². The maximum Gasteiger partial charge on any atom is 0.233 e. The van der Waals surface area contributed by atoms with Crippen molar-refractivity contribution in [1.29, 1.82) is 0 Å². The fourth-order valence-electron chi connectivity index (χ4n) is 0.879. The summed E-state index contributed by atoms with van der Waals surface area (Å²) < 4.78 is 13.3. The monoisotopic (exact) mass is 232 g/mol. The molecule has 0 radical (unpaired) electrons. The molecule has 0 atom stereocenters. The molecule has 0 bridgehead atoms. The number of halogens is 2. The first-order valence-electron chi connectivity index (χ1n) is 3.60. The van der Waals surface area contributed by atoms with E-state index in [1.165, 1.54) is 6.07 Å². The van der Waals surface area contributed by atoms with Crippen LogP contribution in [0.25, 0.3) is 0 Å². The van der Waals surface area contributed by atoms with E-state index in [-0.39, 0.29) is 5.41 Å². The molecular weight excluding hydrogens is 223 g/mol. The second-order valence-electron chi connectivity index (χ2n) is 3.62. The predicted octanol–water partition coefficient (Wildman–Crippen LogP) is 2.68. The van der Waals surface area contributed by atoms with Crippen molar-refractivity contribution in [2.45, 2.75) is 26.2 Å². The van der Waals surface area contributed by atoms with E-state index in [0.717, 1.165) is 5.56 Å². The van der Waals surface area contributed by atoms with Crippen molar-refractivity contribution in [3.8, 4) is 0 Å². The lowest BCUT2D eigenvalue weighted by Crippen LogP contribution is -2.13. The molecule has 1 rings (SSSR count). The molecule has 0 fully saturated rings. The van der Waals surface area contributed by atoms with Crippen LogP contribution in [-0.4, -0.2) is 10.2 Å². The van der Waals surface area contributed by atoms with Crippen LogP contribution >= 0.6 is 15.9 Å². The first kappa shape index (κ1) is 9.58. The zero-order valence-electron chi connectivity index (χ0n) is 7.23. The standard InChI is InChI=1S/C8H10BrFN2/c1-8(2,3)5-4-6(10)11-12-7(5)9/h4H,1-3H3. The van der Waals surface area contributed by atoms with Gasteiger partial charge in [-0.2, -0.15) is 4.39 Å². The Balaban J connectivity index is 3.23. The second kappa shape index (κ2) is 3.09. The van der Waals surface area contributed by atoms with Gasteiger partial charge in [-0.25, -0.2) is 0 Å². The zero-order valence-corrected chi connectivity index (χ0v) is 8.81. The highest BCUT2D eigenvalue weighted by molar-refractivity contribution is 9.10. The van der Waals surface area contributed by atoms with Gasteiger partial charge in [0.05, 0.1) is 0 Å². The molecule has 0 aliphatic heterocycles. The summed E-state index contributed by atoms with van der Waals surface area (Å²) in [6.07, 6.45) is 0. The van der Waals surface area contributed by atoms with Gasteiger partial charge in [0.25, 0.3) is 0 Å².